The average Bonchev–Trinajstić information content (AvgIpc) is 2.77. The molecule has 0 bridgehead atoms. The third-order valence-corrected chi connectivity index (χ3v) is 6.19. The molecule has 0 radical (unpaired) electrons. The van der Waals surface area contributed by atoms with Gasteiger partial charge in [-0.2, -0.15) is 0 Å². The number of benzene rings is 2. The summed E-state index contributed by atoms with van der Waals surface area (Å²) in [5, 5.41) is 10.8. The van der Waals surface area contributed by atoms with E-state index in [1.165, 1.54) is 0 Å². The lowest BCUT2D eigenvalue weighted by molar-refractivity contribution is -0.384. The summed E-state index contributed by atoms with van der Waals surface area (Å²) in [4.78, 5) is 27.4. The molecule has 0 saturated carbocycles. The van der Waals surface area contributed by atoms with Crippen LogP contribution in [-0.4, -0.2) is 53.6 Å². The van der Waals surface area contributed by atoms with Gasteiger partial charge in [-0.1, -0.05) is 30.3 Å². The van der Waals surface area contributed by atoms with Crippen LogP contribution in [0.1, 0.15) is 25.3 Å². The monoisotopic (exact) mass is 409 g/mol. The van der Waals surface area contributed by atoms with Crippen LogP contribution < -0.4 is 4.90 Å². The van der Waals surface area contributed by atoms with Crippen LogP contribution in [0.25, 0.3) is 0 Å². The summed E-state index contributed by atoms with van der Waals surface area (Å²) in [7, 11) is 0. The van der Waals surface area contributed by atoms with Crippen LogP contribution in [-0.2, 0) is 16.0 Å². The van der Waals surface area contributed by atoms with E-state index in [1.54, 1.807) is 12.1 Å². The zero-order valence-electron chi connectivity index (χ0n) is 17.2. The Morgan fingerprint density at radius 3 is 2.40 bits per heavy atom. The van der Waals surface area contributed by atoms with Gasteiger partial charge < -0.3 is 14.5 Å². The summed E-state index contributed by atoms with van der Waals surface area (Å²) in [5.74, 6) is 0.0208. The molecule has 2 aromatic rings. The predicted molar refractivity (Wildman–Crippen MR) is 115 cm³/mol. The van der Waals surface area contributed by atoms with Gasteiger partial charge in [-0.25, -0.2) is 0 Å². The van der Waals surface area contributed by atoms with Crippen LogP contribution in [0.2, 0.25) is 0 Å². The highest BCUT2D eigenvalue weighted by Gasteiger charge is 2.45. The third-order valence-electron chi connectivity index (χ3n) is 6.19. The van der Waals surface area contributed by atoms with E-state index in [9.17, 15) is 14.9 Å². The van der Waals surface area contributed by atoms with Crippen molar-refractivity contribution in [2.24, 2.45) is 0 Å². The first-order valence-electron chi connectivity index (χ1n) is 10.5. The molecule has 1 unspecified atom stereocenters. The number of nitrogens with zero attached hydrogens (tertiary/aromatic N) is 3. The molecular formula is C23H27N3O4. The predicted octanol–water partition coefficient (Wildman–Crippen LogP) is 3.42. The zero-order valence-corrected chi connectivity index (χ0v) is 17.2. The molecule has 4 rings (SSSR count). The van der Waals surface area contributed by atoms with Crippen molar-refractivity contribution in [1.29, 1.82) is 0 Å². The fourth-order valence-corrected chi connectivity index (χ4v) is 4.41. The van der Waals surface area contributed by atoms with Gasteiger partial charge >= 0.3 is 0 Å². The molecule has 2 fully saturated rings. The number of non-ortho nitro benzene ring substituents is 1. The maximum Gasteiger partial charge on any atom is 0.269 e. The number of para-hydroxylation sites is 1. The highest BCUT2D eigenvalue weighted by atomic mass is 16.6. The van der Waals surface area contributed by atoms with Gasteiger partial charge in [0.15, 0.2) is 0 Å². The first kappa shape index (κ1) is 20.5. The normalized spacial score (nSPS) is 21.7. The minimum atomic E-state index is -0.439. The number of nitro groups is 1. The molecule has 158 valence electrons. The van der Waals surface area contributed by atoms with Crippen molar-refractivity contribution >= 4 is 17.3 Å². The molecule has 7 nitrogen and oxygen atoms in total. The molecule has 2 aliphatic heterocycles. The van der Waals surface area contributed by atoms with Crippen LogP contribution in [0.3, 0.4) is 0 Å². The van der Waals surface area contributed by atoms with Gasteiger partial charge in [-0.3, -0.25) is 14.9 Å². The van der Waals surface area contributed by atoms with Crippen molar-refractivity contribution < 1.29 is 14.5 Å². The molecule has 1 spiro atoms. The number of amides is 1. The first-order valence-corrected chi connectivity index (χ1v) is 10.5. The summed E-state index contributed by atoms with van der Waals surface area (Å²) < 4.78 is 6.24. The number of carbonyl (C=O) groups excluding carboxylic acids is 1. The Morgan fingerprint density at radius 1 is 1.10 bits per heavy atom. The van der Waals surface area contributed by atoms with Crippen molar-refractivity contribution in [3.05, 3.63) is 70.3 Å². The maximum absolute atomic E-state index is 12.7. The van der Waals surface area contributed by atoms with E-state index in [0.717, 1.165) is 50.1 Å². The SMILES string of the molecule is CC1OC2(CCN(CCc3ccc([N+](=O)[O-])cc3)CC2)CN(c2ccccc2)C1=O. The number of piperidine rings is 1. The van der Waals surface area contributed by atoms with Crippen LogP contribution in [0.4, 0.5) is 11.4 Å². The maximum atomic E-state index is 12.7. The molecular weight excluding hydrogens is 382 g/mol. The summed E-state index contributed by atoms with van der Waals surface area (Å²) in [6.07, 6.45) is 2.19. The molecule has 1 amide bonds. The lowest BCUT2D eigenvalue weighted by Crippen LogP contribution is -2.61. The van der Waals surface area contributed by atoms with Gasteiger partial charge in [0.1, 0.15) is 6.10 Å². The number of nitro benzene ring substituents is 1. The Balaban J connectivity index is 1.35. The summed E-state index contributed by atoms with van der Waals surface area (Å²) in [5.41, 5.74) is 1.86. The Morgan fingerprint density at radius 2 is 1.77 bits per heavy atom. The smallest absolute Gasteiger partial charge is 0.269 e. The molecule has 0 N–H and O–H groups in total. The van der Waals surface area contributed by atoms with Gasteiger partial charge in [0.2, 0.25) is 0 Å². The number of morpholine rings is 1. The van der Waals surface area contributed by atoms with E-state index in [-0.39, 0.29) is 22.1 Å². The largest absolute Gasteiger partial charge is 0.360 e. The molecule has 30 heavy (non-hydrogen) atoms. The van der Waals surface area contributed by atoms with E-state index >= 15 is 0 Å². The fourth-order valence-electron chi connectivity index (χ4n) is 4.41. The van der Waals surface area contributed by atoms with Gasteiger partial charge in [0.05, 0.1) is 17.1 Å². The standard InChI is InChI=1S/C23H27N3O4/c1-18-22(27)25(20-5-3-2-4-6-20)17-23(30-18)12-15-24(16-13-23)14-11-19-7-9-21(10-8-19)26(28)29/h2-10,18H,11-17H2,1H3. The van der Waals surface area contributed by atoms with E-state index in [0.29, 0.717) is 6.54 Å². The Hall–Kier alpha value is -2.77. The number of hydrogen-bond donors (Lipinski definition) is 0. The molecule has 2 heterocycles. The minimum absolute atomic E-state index is 0.0208. The second-order valence-electron chi connectivity index (χ2n) is 8.22. The number of likely N-dealkylation sites (tertiary alicyclic amines) is 1. The quantitative estimate of drug-likeness (QED) is 0.559. The van der Waals surface area contributed by atoms with Crippen LogP contribution in [0.15, 0.2) is 54.6 Å². The van der Waals surface area contributed by atoms with Gasteiger partial charge in [-0.05, 0) is 43.9 Å². The van der Waals surface area contributed by atoms with E-state index in [4.69, 9.17) is 4.74 Å². The summed E-state index contributed by atoms with van der Waals surface area (Å²) in [6.45, 7) is 5.17. The van der Waals surface area contributed by atoms with Crippen molar-refractivity contribution in [2.75, 3.05) is 31.1 Å². The number of anilines is 1. The zero-order chi connectivity index (χ0) is 21.1. The molecule has 7 heteroatoms. The van der Waals surface area contributed by atoms with Crippen molar-refractivity contribution in [3.63, 3.8) is 0 Å². The third kappa shape index (κ3) is 4.37. The number of carbonyl (C=O) groups is 1. The number of rotatable bonds is 5. The number of hydrogen-bond acceptors (Lipinski definition) is 5. The molecule has 2 aromatic carbocycles. The molecule has 2 saturated heterocycles. The van der Waals surface area contributed by atoms with Crippen LogP contribution in [0.5, 0.6) is 0 Å². The second-order valence-corrected chi connectivity index (χ2v) is 8.22. The van der Waals surface area contributed by atoms with Crippen LogP contribution >= 0.6 is 0 Å². The van der Waals surface area contributed by atoms with Gasteiger partial charge in [0.25, 0.3) is 11.6 Å². The van der Waals surface area contributed by atoms with E-state index in [1.807, 2.05) is 54.3 Å². The Kier molecular flexibility index (Phi) is 5.83. The molecule has 2 aliphatic rings. The van der Waals surface area contributed by atoms with Crippen LogP contribution in [0, 0.1) is 10.1 Å². The minimum Gasteiger partial charge on any atom is -0.360 e. The molecule has 0 aliphatic carbocycles. The number of ether oxygens (including phenoxy) is 1. The fraction of sp³-hybridized carbons (Fsp3) is 0.435. The van der Waals surface area contributed by atoms with Crippen molar-refractivity contribution in [2.45, 2.75) is 37.9 Å². The van der Waals surface area contributed by atoms with Gasteiger partial charge in [-0.15, -0.1) is 0 Å². The highest BCUT2D eigenvalue weighted by Crippen LogP contribution is 2.35. The second kappa shape index (κ2) is 8.53. The lowest BCUT2D eigenvalue weighted by Gasteiger charge is -2.49. The topological polar surface area (TPSA) is 75.9 Å². The molecule has 0 aromatic heterocycles. The van der Waals surface area contributed by atoms with E-state index in [2.05, 4.69) is 4.90 Å². The first-order chi connectivity index (χ1) is 14.5. The van der Waals surface area contributed by atoms with E-state index < -0.39 is 6.10 Å². The van der Waals surface area contributed by atoms with Crippen molar-refractivity contribution in [1.82, 2.24) is 4.90 Å². The molecule has 1 atom stereocenters. The highest BCUT2D eigenvalue weighted by molar-refractivity contribution is 5.97. The Labute approximate surface area is 176 Å². The lowest BCUT2D eigenvalue weighted by atomic mass is 9.88. The van der Waals surface area contributed by atoms with Gasteiger partial charge in [0, 0.05) is 37.5 Å². The Bertz CT molecular complexity index is 892. The van der Waals surface area contributed by atoms with Crippen molar-refractivity contribution in [3.8, 4) is 0 Å². The summed E-state index contributed by atoms with van der Waals surface area (Å²) >= 11 is 0. The average molecular weight is 409 g/mol. The summed E-state index contributed by atoms with van der Waals surface area (Å²) in [6, 6.07) is 16.6.